The summed E-state index contributed by atoms with van der Waals surface area (Å²) in [4.78, 5) is 23.8. The number of phenolic OH excluding ortho intramolecular Hbond substituents is 1. The molecule has 2 aromatic carbocycles. The van der Waals surface area contributed by atoms with Crippen molar-refractivity contribution in [3.63, 3.8) is 0 Å². The van der Waals surface area contributed by atoms with Crippen molar-refractivity contribution in [3.05, 3.63) is 78.6 Å². The van der Waals surface area contributed by atoms with E-state index in [0.29, 0.717) is 11.0 Å². The molecule has 28 heavy (non-hydrogen) atoms. The molecular weight excluding hydrogens is 362 g/mol. The van der Waals surface area contributed by atoms with E-state index in [-0.39, 0.29) is 28.9 Å². The summed E-state index contributed by atoms with van der Waals surface area (Å²) in [7, 11) is 0. The molecule has 1 aromatic heterocycles. The van der Waals surface area contributed by atoms with Crippen molar-refractivity contribution in [3.8, 4) is 17.2 Å². The van der Waals surface area contributed by atoms with Crippen LogP contribution in [0.5, 0.6) is 11.5 Å². The molecular formula is C20H19N3O5. The van der Waals surface area contributed by atoms with Gasteiger partial charge < -0.3 is 9.84 Å². The first-order chi connectivity index (χ1) is 13.3. The number of aromatic hydroxyl groups is 1. The van der Waals surface area contributed by atoms with Crippen LogP contribution in [0.4, 0.5) is 5.69 Å². The van der Waals surface area contributed by atoms with Gasteiger partial charge in [0.25, 0.3) is 5.56 Å². The fraction of sp³-hybridized carbons (Fsp3) is 0.150. The number of aryl methyl sites for hydroxylation is 1. The molecule has 0 unspecified atom stereocenters. The van der Waals surface area contributed by atoms with Gasteiger partial charge in [0.15, 0.2) is 5.75 Å². The number of nitro groups is 1. The second-order valence-electron chi connectivity index (χ2n) is 6.17. The lowest BCUT2D eigenvalue weighted by Crippen LogP contribution is -2.34. The van der Waals surface area contributed by atoms with Gasteiger partial charge in [-0.05, 0) is 49.8 Å². The number of aromatic amines is 1. The van der Waals surface area contributed by atoms with Gasteiger partial charge in [-0.3, -0.25) is 20.0 Å². The van der Waals surface area contributed by atoms with Crippen molar-refractivity contribution in [2.75, 3.05) is 6.61 Å². The van der Waals surface area contributed by atoms with E-state index < -0.39 is 16.2 Å². The highest BCUT2D eigenvalue weighted by molar-refractivity contribution is 5.70. The molecule has 3 rings (SSSR count). The standard InChI is InChI=1S/C20H19N3O5/c1-4-28-19-17(24)9-8-14(18(19)23(26)27)11-16-13(3)21-22(20(16)25)15-7-5-6-12(2)10-15/h5-11,21,24H,3-4H2,1-2H3/b16-11+. The third kappa shape index (κ3) is 3.39. The van der Waals surface area contributed by atoms with Gasteiger partial charge in [0.1, 0.15) is 0 Å². The number of benzene rings is 2. The molecule has 0 radical (unpaired) electrons. The fourth-order valence-electron chi connectivity index (χ4n) is 2.92. The van der Waals surface area contributed by atoms with Gasteiger partial charge in [-0.15, -0.1) is 0 Å². The minimum Gasteiger partial charge on any atom is -0.504 e. The van der Waals surface area contributed by atoms with E-state index in [1.54, 1.807) is 13.0 Å². The first-order valence-corrected chi connectivity index (χ1v) is 8.55. The highest BCUT2D eigenvalue weighted by Crippen LogP contribution is 2.39. The van der Waals surface area contributed by atoms with Crippen LogP contribution in [0.3, 0.4) is 0 Å². The molecule has 144 valence electrons. The van der Waals surface area contributed by atoms with Crippen LogP contribution in [0.25, 0.3) is 18.3 Å². The topological polar surface area (TPSA) is 110 Å². The Bertz CT molecular complexity index is 1220. The van der Waals surface area contributed by atoms with Gasteiger partial charge >= 0.3 is 5.69 Å². The number of nitro benzene ring substituents is 1. The molecule has 0 saturated heterocycles. The summed E-state index contributed by atoms with van der Waals surface area (Å²) in [6.45, 7) is 7.54. The minimum atomic E-state index is -0.648. The van der Waals surface area contributed by atoms with E-state index >= 15 is 0 Å². The number of H-pyrrole nitrogens is 1. The second-order valence-corrected chi connectivity index (χ2v) is 6.17. The van der Waals surface area contributed by atoms with E-state index in [2.05, 4.69) is 11.7 Å². The largest absolute Gasteiger partial charge is 0.504 e. The number of hydrogen-bond acceptors (Lipinski definition) is 5. The third-order valence-corrected chi connectivity index (χ3v) is 4.18. The Kier molecular flexibility index (Phi) is 5.04. The van der Waals surface area contributed by atoms with Crippen LogP contribution in [0.1, 0.15) is 18.1 Å². The lowest BCUT2D eigenvalue weighted by Gasteiger charge is -2.08. The zero-order valence-corrected chi connectivity index (χ0v) is 15.4. The van der Waals surface area contributed by atoms with Crippen molar-refractivity contribution < 1.29 is 14.8 Å². The molecule has 0 saturated carbocycles. The summed E-state index contributed by atoms with van der Waals surface area (Å²) in [6, 6.07) is 9.98. The lowest BCUT2D eigenvalue weighted by molar-refractivity contribution is -0.386. The van der Waals surface area contributed by atoms with Crippen LogP contribution in [-0.2, 0) is 0 Å². The number of nitrogens with one attached hydrogen (secondary N) is 1. The molecule has 1 heterocycles. The summed E-state index contributed by atoms with van der Waals surface area (Å²) >= 11 is 0. The van der Waals surface area contributed by atoms with Gasteiger partial charge in [-0.2, -0.15) is 0 Å². The maximum absolute atomic E-state index is 12.9. The molecule has 0 aliphatic heterocycles. The highest BCUT2D eigenvalue weighted by atomic mass is 16.6. The molecule has 0 spiro atoms. The van der Waals surface area contributed by atoms with E-state index in [9.17, 15) is 20.0 Å². The number of phenols is 1. The summed E-state index contributed by atoms with van der Waals surface area (Å²) in [5, 5.41) is 24.9. The highest BCUT2D eigenvalue weighted by Gasteiger charge is 2.24. The average molecular weight is 381 g/mol. The average Bonchev–Trinajstić information content (AvgIpc) is 2.92. The van der Waals surface area contributed by atoms with Gasteiger partial charge in [-0.1, -0.05) is 18.7 Å². The fourth-order valence-corrected chi connectivity index (χ4v) is 2.92. The van der Waals surface area contributed by atoms with Crippen molar-refractivity contribution >= 4 is 18.3 Å². The Hall–Kier alpha value is -3.81. The van der Waals surface area contributed by atoms with Crippen molar-refractivity contribution in [2.45, 2.75) is 13.8 Å². The third-order valence-electron chi connectivity index (χ3n) is 4.18. The molecule has 0 bridgehead atoms. The van der Waals surface area contributed by atoms with Gasteiger partial charge in [-0.25, -0.2) is 4.68 Å². The SMILES string of the molecule is C=c1[nH]n(-c2cccc(C)c2)c(=O)/c1=C/c1ccc(O)c(OCC)c1[N+](=O)[O-]. The Balaban J connectivity index is 2.26. The summed E-state index contributed by atoms with van der Waals surface area (Å²) in [5.41, 5.74) is 0.930. The number of ether oxygens (including phenoxy) is 1. The molecule has 0 aliphatic rings. The van der Waals surface area contributed by atoms with Crippen LogP contribution >= 0.6 is 0 Å². The summed E-state index contributed by atoms with van der Waals surface area (Å²) in [6.07, 6.45) is 1.37. The minimum absolute atomic E-state index is 0.128. The van der Waals surface area contributed by atoms with Crippen molar-refractivity contribution in [1.29, 1.82) is 0 Å². The van der Waals surface area contributed by atoms with Crippen molar-refractivity contribution in [1.82, 2.24) is 9.78 Å². The van der Waals surface area contributed by atoms with Crippen LogP contribution < -0.4 is 20.9 Å². The first kappa shape index (κ1) is 19.0. The Labute approximate surface area is 159 Å². The van der Waals surface area contributed by atoms with Crippen LogP contribution in [0, 0.1) is 17.0 Å². The van der Waals surface area contributed by atoms with Crippen molar-refractivity contribution in [2.24, 2.45) is 0 Å². The summed E-state index contributed by atoms with van der Waals surface area (Å²) < 4.78 is 6.57. The summed E-state index contributed by atoms with van der Waals surface area (Å²) in [5.74, 6) is -0.576. The lowest BCUT2D eigenvalue weighted by atomic mass is 10.1. The second kappa shape index (κ2) is 7.43. The first-order valence-electron chi connectivity index (χ1n) is 8.55. The molecule has 0 amide bonds. The zero-order chi connectivity index (χ0) is 20.4. The normalized spacial score (nSPS) is 11.6. The van der Waals surface area contributed by atoms with Crippen LogP contribution in [0.15, 0.2) is 41.2 Å². The maximum Gasteiger partial charge on any atom is 0.322 e. The Morgan fingerprint density at radius 3 is 2.75 bits per heavy atom. The number of rotatable bonds is 5. The molecule has 0 aliphatic carbocycles. The zero-order valence-electron chi connectivity index (χ0n) is 15.4. The molecule has 8 heteroatoms. The van der Waals surface area contributed by atoms with Crippen LogP contribution in [-0.4, -0.2) is 26.4 Å². The smallest absolute Gasteiger partial charge is 0.322 e. The van der Waals surface area contributed by atoms with Gasteiger partial charge in [0.05, 0.1) is 33.3 Å². The predicted molar refractivity (Wildman–Crippen MR) is 105 cm³/mol. The van der Waals surface area contributed by atoms with E-state index in [1.807, 2.05) is 25.1 Å². The number of nitrogens with zero attached hydrogens (tertiary/aromatic N) is 2. The Morgan fingerprint density at radius 2 is 2.11 bits per heavy atom. The number of aromatic nitrogens is 2. The van der Waals surface area contributed by atoms with Gasteiger partial charge in [0.2, 0.25) is 5.75 Å². The molecule has 3 aromatic rings. The predicted octanol–water partition coefficient (Wildman–Crippen LogP) is 1.73. The molecule has 0 fully saturated rings. The number of hydrogen-bond donors (Lipinski definition) is 2. The van der Waals surface area contributed by atoms with E-state index in [0.717, 1.165) is 5.56 Å². The van der Waals surface area contributed by atoms with E-state index in [4.69, 9.17) is 4.74 Å². The van der Waals surface area contributed by atoms with Gasteiger partial charge in [0, 0.05) is 0 Å². The maximum atomic E-state index is 12.9. The molecule has 8 nitrogen and oxygen atoms in total. The molecule has 0 atom stereocenters. The Morgan fingerprint density at radius 1 is 1.36 bits per heavy atom. The molecule has 2 N–H and O–H groups in total. The van der Waals surface area contributed by atoms with Crippen LogP contribution in [0.2, 0.25) is 0 Å². The van der Waals surface area contributed by atoms with E-state index in [1.165, 1.54) is 22.9 Å². The monoisotopic (exact) mass is 381 g/mol. The quantitative estimate of drug-likeness (QED) is 0.517.